The number of amides is 3. The third-order valence-corrected chi connectivity index (χ3v) is 5.47. The third-order valence-electron chi connectivity index (χ3n) is 3.06. The molecule has 2 rings (SSSR count). The van der Waals surface area contributed by atoms with E-state index in [-0.39, 0.29) is 16.9 Å². The number of carbonyl (C=O) groups excluding carboxylic acids is 2. The summed E-state index contributed by atoms with van der Waals surface area (Å²) in [6, 6.07) is 10.9. The van der Waals surface area contributed by atoms with Crippen LogP contribution in [0.5, 0.6) is 0 Å². The number of thiophene rings is 1. The predicted octanol–water partition coefficient (Wildman–Crippen LogP) is 4.22. The SMILES string of the molecule is CC(SCC(=O)NC(=O)NCc1cccs1)c1ccccc1Cl. The average molecular weight is 369 g/mol. The fourth-order valence-corrected chi connectivity index (χ4v) is 3.75. The van der Waals surface area contributed by atoms with E-state index in [4.69, 9.17) is 11.6 Å². The van der Waals surface area contributed by atoms with Crippen molar-refractivity contribution in [2.75, 3.05) is 5.75 Å². The van der Waals surface area contributed by atoms with Crippen LogP contribution in [0.25, 0.3) is 0 Å². The second kappa shape index (κ2) is 8.96. The number of hydrogen-bond donors (Lipinski definition) is 2. The topological polar surface area (TPSA) is 58.2 Å². The number of halogens is 1. The molecule has 1 aromatic heterocycles. The molecule has 0 radical (unpaired) electrons. The van der Waals surface area contributed by atoms with E-state index in [2.05, 4.69) is 10.6 Å². The third kappa shape index (κ3) is 5.89. The number of thioether (sulfide) groups is 1. The Morgan fingerprint density at radius 2 is 2.04 bits per heavy atom. The van der Waals surface area contributed by atoms with Gasteiger partial charge in [0.25, 0.3) is 0 Å². The highest BCUT2D eigenvalue weighted by atomic mass is 35.5. The molecule has 0 fully saturated rings. The Labute approximate surface area is 148 Å². The number of rotatable bonds is 6. The summed E-state index contributed by atoms with van der Waals surface area (Å²) in [7, 11) is 0. The van der Waals surface area contributed by atoms with Crippen LogP contribution in [0.15, 0.2) is 41.8 Å². The van der Waals surface area contributed by atoms with E-state index in [9.17, 15) is 9.59 Å². The van der Waals surface area contributed by atoms with Gasteiger partial charge in [-0.3, -0.25) is 10.1 Å². The van der Waals surface area contributed by atoms with Crippen molar-refractivity contribution < 1.29 is 9.59 Å². The smallest absolute Gasteiger partial charge is 0.321 e. The molecule has 2 aromatic rings. The largest absolute Gasteiger partial charge is 0.333 e. The molecule has 1 unspecified atom stereocenters. The molecule has 23 heavy (non-hydrogen) atoms. The monoisotopic (exact) mass is 368 g/mol. The molecule has 0 bridgehead atoms. The van der Waals surface area contributed by atoms with Gasteiger partial charge in [0.2, 0.25) is 5.91 Å². The van der Waals surface area contributed by atoms with E-state index in [1.165, 1.54) is 11.8 Å². The van der Waals surface area contributed by atoms with Gasteiger partial charge in [-0.2, -0.15) is 0 Å². The Hall–Kier alpha value is -1.50. The number of urea groups is 1. The summed E-state index contributed by atoms with van der Waals surface area (Å²) in [5.41, 5.74) is 0.981. The van der Waals surface area contributed by atoms with Crippen LogP contribution in [0.2, 0.25) is 5.02 Å². The molecule has 3 amide bonds. The second-order valence-corrected chi connectivity index (χ2v) is 7.55. The lowest BCUT2D eigenvalue weighted by molar-refractivity contribution is -0.117. The van der Waals surface area contributed by atoms with E-state index in [0.717, 1.165) is 10.4 Å². The minimum atomic E-state index is -0.477. The van der Waals surface area contributed by atoms with Crippen LogP contribution in [0.1, 0.15) is 22.6 Å². The zero-order chi connectivity index (χ0) is 16.7. The van der Waals surface area contributed by atoms with Crippen molar-refractivity contribution in [3.8, 4) is 0 Å². The normalized spacial score (nSPS) is 11.7. The summed E-state index contributed by atoms with van der Waals surface area (Å²) in [4.78, 5) is 24.5. The van der Waals surface area contributed by atoms with Crippen molar-refractivity contribution in [2.45, 2.75) is 18.7 Å². The van der Waals surface area contributed by atoms with Crippen LogP contribution in [0, 0.1) is 0 Å². The molecule has 4 nitrogen and oxygen atoms in total. The number of nitrogens with one attached hydrogen (secondary N) is 2. The molecular formula is C16H17ClN2O2S2. The van der Waals surface area contributed by atoms with Crippen molar-refractivity contribution in [1.82, 2.24) is 10.6 Å². The second-order valence-electron chi connectivity index (χ2n) is 4.78. The van der Waals surface area contributed by atoms with Crippen LogP contribution in [-0.2, 0) is 11.3 Å². The Kier molecular flexibility index (Phi) is 6.95. The first-order valence-corrected chi connectivity index (χ1v) is 9.33. The molecule has 0 saturated carbocycles. The predicted molar refractivity (Wildman–Crippen MR) is 97.0 cm³/mol. The molecular weight excluding hydrogens is 352 g/mol. The molecule has 0 aliphatic carbocycles. The van der Waals surface area contributed by atoms with Gasteiger partial charge in [-0.15, -0.1) is 23.1 Å². The molecule has 0 saturated heterocycles. The summed E-state index contributed by atoms with van der Waals surface area (Å²) in [5.74, 6) is -0.128. The summed E-state index contributed by atoms with van der Waals surface area (Å²) < 4.78 is 0. The van der Waals surface area contributed by atoms with Gasteiger partial charge in [-0.1, -0.05) is 35.9 Å². The minimum Gasteiger partial charge on any atom is -0.333 e. The van der Waals surface area contributed by atoms with E-state index in [0.29, 0.717) is 11.6 Å². The fraction of sp³-hybridized carbons (Fsp3) is 0.250. The van der Waals surface area contributed by atoms with E-state index in [1.807, 2.05) is 48.7 Å². The molecule has 0 spiro atoms. The maximum Gasteiger partial charge on any atom is 0.321 e. The summed E-state index contributed by atoms with van der Waals surface area (Å²) in [6.07, 6.45) is 0. The highest BCUT2D eigenvalue weighted by molar-refractivity contribution is 8.00. The van der Waals surface area contributed by atoms with E-state index >= 15 is 0 Å². The molecule has 0 aliphatic heterocycles. The van der Waals surface area contributed by atoms with Crippen molar-refractivity contribution in [1.29, 1.82) is 0 Å². The Balaban J connectivity index is 1.72. The summed E-state index contributed by atoms with van der Waals surface area (Å²) in [6.45, 7) is 2.40. The van der Waals surface area contributed by atoms with Crippen LogP contribution >= 0.6 is 34.7 Å². The van der Waals surface area contributed by atoms with E-state index < -0.39 is 6.03 Å². The number of hydrogen-bond acceptors (Lipinski definition) is 4. The molecule has 122 valence electrons. The lowest BCUT2D eigenvalue weighted by Gasteiger charge is -2.13. The zero-order valence-electron chi connectivity index (χ0n) is 12.5. The molecule has 1 aromatic carbocycles. The standard InChI is InChI=1S/C16H17ClN2O2S2/c1-11(13-6-2-3-7-14(13)17)23-10-15(20)19-16(21)18-9-12-5-4-8-22-12/h2-8,11H,9-10H2,1H3,(H2,18,19,20,21). The fourth-order valence-electron chi connectivity index (χ4n) is 1.88. The van der Waals surface area contributed by atoms with Gasteiger partial charge in [0.1, 0.15) is 0 Å². The molecule has 0 aliphatic rings. The maximum absolute atomic E-state index is 11.8. The number of benzene rings is 1. The lowest BCUT2D eigenvalue weighted by atomic mass is 10.2. The highest BCUT2D eigenvalue weighted by Crippen LogP contribution is 2.32. The summed E-state index contributed by atoms with van der Waals surface area (Å²) >= 11 is 9.12. The van der Waals surface area contributed by atoms with Crippen molar-refractivity contribution in [3.05, 3.63) is 57.2 Å². The van der Waals surface area contributed by atoms with E-state index in [1.54, 1.807) is 11.3 Å². The quantitative estimate of drug-likeness (QED) is 0.802. The molecule has 2 N–H and O–H groups in total. The summed E-state index contributed by atoms with van der Waals surface area (Å²) in [5, 5.41) is 7.67. The first-order valence-electron chi connectivity index (χ1n) is 7.02. The van der Waals surface area contributed by atoms with Crippen LogP contribution in [0.3, 0.4) is 0 Å². The average Bonchev–Trinajstić information content (AvgIpc) is 3.04. The minimum absolute atomic E-state index is 0.0728. The zero-order valence-corrected chi connectivity index (χ0v) is 14.9. The van der Waals surface area contributed by atoms with Gasteiger partial charge in [-0.05, 0) is 30.0 Å². The molecule has 1 atom stereocenters. The van der Waals surface area contributed by atoms with Crippen LogP contribution in [-0.4, -0.2) is 17.7 Å². The van der Waals surface area contributed by atoms with Gasteiger partial charge >= 0.3 is 6.03 Å². The van der Waals surface area contributed by atoms with Gasteiger partial charge < -0.3 is 5.32 Å². The maximum atomic E-state index is 11.8. The molecule has 1 heterocycles. The Bertz CT molecular complexity index is 662. The van der Waals surface area contributed by atoms with Crippen molar-refractivity contribution >= 4 is 46.6 Å². The van der Waals surface area contributed by atoms with Gasteiger partial charge in [0, 0.05) is 15.1 Å². The number of carbonyl (C=O) groups is 2. The van der Waals surface area contributed by atoms with Crippen molar-refractivity contribution in [2.24, 2.45) is 0 Å². The lowest BCUT2D eigenvalue weighted by Crippen LogP contribution is -2.39. The van der Waals surface area contributed by atoms with Crippen molar-refractivity contribution in [3.63, 3.8) is 0 Å². The number of imide groups is 1. The first kappa shape index (κ1) is 17.8. The van der Waals surface area contributed by atoms with Gasteiger partial charge in [0.05, 0.1) is 12.3 Å². The van der Waals surface area contributed by atoms with Gasteiger partial charge in [0.15, 0.2) is 0 Å². The first-order chi connectivity index (χ1) is 11.1. The Morgan fingerprint density at radius 3 is 2.74 bits per heavy atom. The van der Waals surface area contributed by atoms with Gasteiger partial charge in [-0.25, -0.2) is 4.79 Å². The molecule has 7 heteroatoms. The highest BCUT2D eigenvalue weighted by Gasteiger charge is 2.13. The van der Waals surface area contributed by atoms with Crippen LogP contribution < -0.4 is 10.6 Å². The Morgan fingerprint density at radius 1 is 1.26 bits per heavy atom. The van der Waals surface area contributed by atoms with Crippen LogP contribution in [0.4, 0.5) is 4.79 Å².